The van der Waals surface area contributed by atoms with Gasteiger partial charge in [0.25, 0.3) is 0 Å². The summed E-state index contributed by atoms with van der Waals surface area (Å²) in [5.41, 5.74) is 0. The molecule has 2 heterocycles. The Hall–Kier alpha value is -1.36. The molecule has 1 aromatic heterocycles. The predicted molar refractivity (Wildman–Crippen MR) is 51.4 cm³/mol. The molecule has 0 radical (unpaired) electrons. The molecule has 1 saturated heterocycles. The number of nitrogens with zero attached hydrogens (tertiary/aromatic N) is 2. The second kappa shape index (κ2) is 4.23. The van der Waals surface area contributed by atoms with Gasteiger partial charge in [-0.1, -0.05) is 0 Å². The molecule has 0 amide bonds. The van der Waals surface area contributed by atoms with Crippen LogP contribution in [0, 0.1) is 0 Å². The Morgan fingerprint density at radius 2 is 2.50 bits per heavy atom. The highest BCUT2D eigenvalue weighted by Gasteiger charge is 2.20. The van der Waals surface area contributed by atoms with Crippen LogP contribution in [0.2, 0.25) is 0 Å². The van der Waals surface area contributed by atoms with Gasteiger partial charge in [-0.2, -0.15) is 4.98 Å². The van der Waals surface area contributed by atoms with E-state index in [0.717, 1.165) is 6.54 Å². The van der Waals surface area contributed by atoms with Gasteiger partial charge in [0.1, 0.15) is 6.10 Å². The van der Waals surface area contributed by atoms with Gasteiger partial charge in [0.2, 0.25) is 11.8 Å². The second-order valence-corrected chi connectivity index (χ2v) is 3.03. The first-order valence-electron chi connectivity index (χ1n) is 4.70. The molecular formula is C9H13N3O2. The van der Waals surface area contributed by atoms with E-state index >= 15 is 0 Å². The quantitative estimate of drug-likeness (QED) is 0.765. The van der Waals surface area contributed by atoms with Gasteiger partial charge in [-0.25, -0.2) is 4.98 Å². The van der Waals surface area contributed by atoms with E-state index in [1.165, 1.54) is 0 Å². The van der Waals surface area contributed by atoms with E-state index in [1.54, 1.807) is 12.3 Å². The van der Waals surface area contributed by atoms with E-state index in [2.05, 4.69) is 15.3 Å². The Kier molecular flexibility index (Phi) is 2.78. The number of ether oxygens (including phenoxy) is 2. The molecule has 0 aromatic carbocycles. The van der Waals surface area contributed by atoms with Crippen LogP contribution in [0.25, 0.3) is 0 Å². The minimum Gasteiger partial charge on any atom is -0.469 e. The van der Waals surface area contributed by atoms with Crippen LogP contribution in [0.1, 0.15) is 6.92 Å². The molecule has 1 aromatic rings. The summed E-state index contributed by atoms with van der Waals surface area (Å²) < 4.78 is 10.5. The molecule has 0 atom stereocenters. The van der Waals surface area contributed by atoms with E-state index in [-0.39, 0.29) is 6.10 Å². The van der Waals surface area contributed by atoms with Crippen molar-refractivity contribution in [3.05, 3.63) is 12.3 Å². The first-order chi connectivity index (χ1) is 6.88. The molecule has 5 heteroatoms. The van der Waals surface area contributed by atoms with Crippen LogP contribution < -0.4 is 10.1 Å². The van der Waals surface area contributed by atoms with Gasteiger partial charge in [0, 0.05) is 18.8 Å². The van der Waals surface area contributed by atoms with Crippen LogP contribution in [0.4, 0.5) is 5.95 Å². The zero-order valence-electron chi connectivity index (χ0n) is 8.06. The lowest BCUT2D eigenvalue weighted by Crippen LogP contribution is -2.38. The molecule has 1 aliphatic rings. The molecule has 76 valence electrons. The molecule has 1 fully saturated rings. The Morgan fingerprint density at radius 3 is 3.14 bits per heavy atom. The van der Waals surface area contributed by atoms with Crippen LogP contribution in [0.5, 0.6) is 5.88 Å². The topological polar surface area (TPSA) is 56.3 Å². The molecular weight excluding hydrogens is 182 g/mol. The summed E-state index contributed by atoms with van der Waals surface area (Å²) in [5, 5.41) is 3.02. The maximum absolute atomic E-state index is 5.52. The highest BCUT2D eigenvalue weighted by atomic mass is 16.6. The second-order valence-electron chi connectivity index (χ2n) is 3.03. The van der Waals surface area contributed by atoms with Gasteiger partial charge >= 0.3 is 0 Å². The summed E-state index contributed by atoms with van der Waals surface area (Å²) in [6, 6.07) is 1.75. The summed E-state index contributed by atoms with van der Waals surface area (Å²) in [5.74, 6) is 1.20. The van der Waals surface area contributed by atoms with E-state index in [9.17, 15) is 0 Å². The van der Waals surface area contributed by atoms with Crippen LogP contribution in [0.3, 0.4) is 0 Å². The number of anilines is 1. The van der Waals surface area contributed by atoms with Gasteiger partial charge in [0.15, 0.2) is 0 Å². The monoisotopic (exact) mass is 195 g/mol. The van der Waals surface area contributed by atoms with Gasteiger partial charge in [-0.05, 0) is 6.92 Å². The molecule has 2 rings (SSSR count). The lowest BCUT2D eigenvalue weighted by Gasteiger charge is -2.26. The van der Waals surface area contributed by atoms with Gasteiger partial charge in [0.05, 0.1) is 13.2 Å². The van der Waals surface area contributed by atoms with E-state index in [0.29, 0.717) is 25.0 Å². The fourth-order valence-electron chi connectivity index (χ4n) is 1.10. The van der Waals surface area contributed by atoms with Gasteiger partial charge < -0.3 is 14.8 Å². The maximum atomic E-state index is 5.52. The van der Waals surface area contributed by atoms with Crippen molar-refractivity contribution in [2.45, 2.75) is 13.0 Å². The maximum Gasteiger partial charge on any atom is 0.225 e. The lowest BCUT2D eigenvalue weighted by molar-refractivity contribution is -0.0813. The lowest BCUT2D eigenvalue weighted by atomic mass is 10.3. The Bertz CT molecular complexity index is 302. The molecule has 1 N–H and O–H groups in total. The van der Waals surface area contributed by atoms with Gasteiger partial charge in [-0.3, -0.25) is 0 Å². The Balaban J connectivity index is 1.97. The fraction of sp³-hybridized carbons (Fsp3) is 0.556. The number of nitrogens with one attached hydrogen (secondary N) is 1. The third-order valence-electron chi connectivity index (χ3n) is 1.86. The highest BCUT2D eigenvalue weighted by molar-refractivity contribution is 5.27. The molecule has 0 unspecified atom stereocenters. The summed E-state index contributed by atoms with van der Waals surface area (Å²) in [4.78, 5) is 8.23. The van der Waals surface area contributed by atoms with Crippen molar-refractivity contribution in [3.8, 4) is 5.88 Å². The Morgan fingerprint density at radius 1 is 1.64 bits per heavy atom. The number of aromatic nitrogens is 2. The summed E-state index contributed by atoms with van der Waals surface area (Å²) in [7, 11) is 0. The Labute approximate surface area is 82.5 Å². The van der Waals surface area contributed by atoms with Crippen LogP contribution in [-0.2, 0) is 4.74 Å². The minimum atomic E-state index is 0.152. The molecule has 0 bridgehead atoms. The van der Waals surface area contributed by atoms with Crippen LogP contribution in [0.15, 0.2) is 12.3 Å². The summed E-state index contributed by atoms with van der Waals surface area (Å²) >= 11 is 0. The number of hydrogen-bond acceptors (Lipinski definition) is 5. The summed E-state index contributed by atoms with van der Waals surface area (Å²) in [6.45, 7) is 4.10. The van der Waals surface area contributed by atoms with Crippen molar-refractivity contribution < 1.29 is 9.47 Å². The normalized spacial score (nSPS) is 16.1. The average molecular weight is 195 g/mol. The molecule has 1 aliphatic heterocycles. The third-order valence-corrected chi connectivity index (χ3v) is 1.86. The largest absolute Gasteiger partial charge is 0.469 e. The molecule has 0 aliphatic carbocycles. The first-order valence-corrected chi connectivity index (χ1v) is 4.70. The van der Waals surface area contributed by atoms with Crippen molar-refractivity contribution in [1.82, 2.24) is 9.97 Å². The molecule has 0 saturated carbocycles. The SMILES string of the molecule is CCNc1nccc(OC2COC2)n1. The van der Waals surface area contributed by atoms with Crippen molar-refractivity contribution in [2.24, 2.45) is 0 Å². The van der Waals surface area contributed by atoms with Crippen molar-refractivity contribution in [3.63, 3.8) is 0 Å². The van der Waals surface area contributed by atoms with Crippen molar-refractivity contribution >= 4 is 5.95 Å². The van der Waals surface area contributed by atoms with Crippen molar-refractivity contribution in [2.75, 3.05) is 25.1 Å². The average Bonchev–Trinajstić information content (AvgIpc) is 2.13. The zero-order chi connectivity index (χ0) is 9.80. The number of hydrogen-bond donors (Lipinski definition) is 1. The van der Waals surface area contributed by atoms with E-state index < -0.39 is 0 Å². The third kappa shape index (κ3) is 2.11. The van der Waals surface area contributed by atoms with E-state index in [4.69, 9.17) is 9.47 Å². The van der Waals surface area contributed by atoms with Crippen molar-refractivity contribution in [1.29, 1.82) is 0 Å². The number of rotatable bonds is 4. The standard InChI is InChI=1S/C9H13N3O2/c1-2-10-9-11-4-3-8(12-9)14-7-5-13-6-7/h3-4,7H,2,5-6H2,1H3,(H,10,11,12). The highest BCUT2D eigenvalue weighted by Crippen LogP contribution is 2.13. The van der Waals surface area contributed by atoms with E-state index in [1.807, 2.05) is 6.92 Å². The fourth-order valence-corrected chi connectivity index (χ4v) is 1.10. The zero-order valence-corrected chi connectivity index (χ0v) is 8.06. The predicted octanol–water partition coefficient (Wildman–Crippen LogP) is 0.686. The molecule has 14 heavy (non-hydrogen) atoms. The summed E-state index contributed by atoms with van der Waals surface area (Å²) in [6.07, 6.45) is 1.83. The molecule has 0 spiro atoms. The minimum absolute atomic E-state index is 0.152. The van der Waals surface area contributed by atoms with Gasteiger partial charge in [-0.15, -0.1) is 0 Å². The van der Waals surface area contributed by atoms with Crippen LogP contribution >= 0.6 is 0 Å². The van der Waals surface area contributed by atoms with Crippen LogP contribution in [-0.4, -0.2) is 35.8 Å². The molecule has 5 nitrogen and oxygen atoms in total. The smallest absolute Gasteiger partial charge is 0.225 e. The first kappa shape index (κ1) is 9.21.